The number of rotatable bonds is 24. The number of carbonyl (C=O) groups excluding carboxylic acids is 5. The Morgan fingerprint density at radius 2 is 1.45 bits per heavy atom. The van der Waals surface area contributed by atoms with Crippen molar-refractivity contribution in [3.63, 3.8) is 0 Å². The summed E-state index contributed by atoms with van der Waals surface area (Å²) < 4.78 is 12.5. The van der Waals surface area contributed by atoms with E-state index in [-0.39, 0.29) is 32.5 Å². The maximum Gasteiger partial charge on any atom is 0.251 e. The van der Waals surface area contributed by atoms with Crippen molar-refractivity contribution in [3.8, 4) is 28.7 Å². The molecule has 0 saturated carbocycles. The molecule has 4 bridgehead atoms. The Balaban J connectivity index is 1.78. The van der Waals surface area contributed by atoms with Gasteiger partial charge in [0.2, 0.25) is 23.6 Å². The highest BCUT2D eigenvalue weighted by atomic mass is 16.5. The van der Waals surface area contributed by atoms with Gasteiger partial charge < -0.3 is 52.8 Å². The standard InChI is InChI=1S/C49H69N9O7/c1-4-5-6-7-8-9-13-34-15-18-36(19-16-34)46(60)56-40(14-10-23-50)49(63)58(3)44-37-20-22-43(65-29-12-25-52)39(32-37)38-30-35(17-21-42(38)64-28-11-24-51)31-41(47(61)54-27-26-53)57-45(59)33(2)55-48(44)62/h15-22,30,32-33,40-41,44H,4-14,23-25,27-29,31,50-52H2,1-3H3,(H,54,61)(H,55,62)(H,56,60)(H,57,59)/t33-,40-,41-,44-/m0/s1. The molecule has 0 saturated heterocycles. The van der Waals surface area contributed by atoms with Crippen LogP contribution in [0, 0.1) is 11.3 Å². The van der Waals surface area contributed by atoms with E-state index in [2.05, 4.69) is 28.2 Å². The van der Waals surface area contributed by atoms with Crippen LogP contribution in [-0.4, -0.2) is 99.0 Å². The smallest absolute Gasteiger partial charge is 0.251 e. The summed E-state index contributed by atoms with van der Waals surface area (Å²) in [4.78, 5) is 71.5. The third-order valence-electron chi connectivity index (χ3n) is 11.4. The first-order valence-corrected chi connectivity index (χ1v) is 23.0. The second-order valence-electron chi connectivity index (χ2n) is 16.5. The number of amides is 5. The normalized spacial score (nSPS) is 16.5. The molecule has 0 aliphatic carbocycles. The van der Waals surface area contributed by atoms with Crippen LogP contribution >= 0.6 is 0 Å². The largest absolute Gasteiger partial charge is 0.493 e. The van der Waals surface area contributed by atoms with Crippen LogP contribution in [0.15, 0.2) is 60.7 Å². The van der Waals surface area contributed by atoms with Crippen LogP contribution in [0.25, 0.3) is 11.1 Å². The number of benzene rings is 3. The van der Waals surface area contributed by atoms with E-state index in [0.29, 0.717) is 78.3 Å². The van der Waals surface area contributed by atoms with E-state index in [4.69, 9.17) is 26.7 Å². The molecule has 5 amide bonds. The van der Waals surface area contributed by atoms with Gasteiger partial charge >= 0.3 is 0 Å². The lowest BCUT2D eigenvalue weighted by Crippen LogP contribution is -2.56. The number of aryl methyl sites for hydroxylation is 1. The summed E-state index contributed by atoms with van der Waals surface area (Å²) in [6.07, 6.45) is 9.77. The zero-order valence-electron chi connectivity index (χ0n) is 38.3. The van der Waals surface area contributed by atoms with Gasteiger partial charge in [-0.05, 0) is 118 Å². The summed E-state index contributed by atoms with van der Waals surface area (Å²) in [5.74, 6) is -2.07. The van der Waals surface area contributed by atoms with Gasteiger partial charge in [0.1, 0.15) is 42.2 Å². The molecule has 1 aliphatic rings. The van der Waals surface area contributed by atoms with E-state index < -0.39 is 53.7 Å². The fourth-order valence-corrected chi connectivity index (χ4v) is 7.65. The first kappa shape index (κ1) is 51.6. The number of ether oxygens (including phenoxy) is 2. The summed E-state index contributed by atoms with van der Waals surface area (Å²) in [6.45, 7) is 4.99. The number of nitriles is 1. The van der Waals surface area contributed by atoms with Crippen molar-refractivity contribution in [2.75, 3.05) is 46.4 Å². The van der Waals surface area contributed by atoms with E-state index in [1.807, 2.05) is 24.3 Å². The Bertz CT molecular complexity index is 2070. The Morgan fingerprint density at radius 3 is 2.09 bits per heavy atom. The molecule has 4 atom stereocenters. The zero-order valence-corrected chi connectivity index (χ0v) is 38.3. The van der Waals surface area contributed by atoms with Gasteiger partial charge in [0, 0.05) is 30.2 Å². The van der Waals surface area contributed by atoms with Gasteiger partial charge in [0.25, 0.3) is 5.91 Å². The molecule has 1 heterocycles. The molecule has 0 spiro atoms. The van der Waals surface area contributed by atoms with Crippen LogP contribution < -0.4 is 47.9 Å². The lowest BCUT2D eigenvalue weighted by molar-refractivity contribution is -0.141. The summed E-state index contributed by atoms with van der Waals surface area (Å²) in [6, 6.07) is 15.1. The predicted octanol–water partition coefficient (Wildman–Crippen LogP) is 3.93. The minimum absolute atomic E-state index is 0.0297. The first-order valence-electron chi connectivity index (χ1n) is 23.0. The first-order chi connectivity index (χ1) is 31.4. The average molecular weight is 896 g/mol. The van der Waals surface area contributed by atoms with Gasteiger partial charge in [-0.2, -0.15) is 5.26 Å². The van der Waals surface area contributed by atoms with Crippen molar-refractivity contribution >= 4 is 29.5 Å². The van der Waals surface area contributed by atoms with Crippen LogP contribution in [0.1, 0.15) is 111 Å². The lowest BCUT2D eigenvalue weighted by Gasteiger charge is -2.32. The summed E-state index contributed by atoms with van der Waals surface area (Å²) in [5, 5.41) is 20.1. The van der Waals surface area contributed by atoms with Gasteiger partial charge in [-0.15, -0.1) is 0 Å². The molecule has 1 aliphatic heterocycles. The van der Waals surface area contributed by atoms with Crippen molar-refractivity contribution in [2.24, 2.45) is 17.2 Å². The van der Waals surface area contributed by atoms with Crippen molar-refractivity contribution in [1.29, 1.82) is 5.26 Å². The minimum atomic E-state index is -1.34. The quantitative estimate of drug-likeness (QED) is 0.0501. The highest BCUT2D eigenvalue weighted by Gasteiger charge is 2.36. The molecular formula is C49H69N9O7. The molecular weight excluding hydrogens is 827 g/mol. The van der Waals surface area contributed by atoms with Crippen LogP contribution in [-0.2, 0) is 32.0 Å². The average Bonchev–Trinajstić information content (AvgIpc) is 3.30. The highest BCUT2D eigenvalue weighted by molar-refractivity contribution is 5.99. The molecule has 0 radical (unpaired) electrons. The van der Waals surface area contributed by atoms with Crippen LogP contribution in [0.4, 0.5) is 0 Å². The minimum Gasteiger partial charge on any atom is -0.493 e. The SMILES string of the molecule is CCCCCCCCc1ccc(C(=O)N[C@@H](CCCN)C(=O)N(C)[C@@H]2C(=O)N[C@@H](C)C(=O)N[C@H](C(=O)NCC#N)Cc3ccc(OCCCN)c(c3)-c3cc2ccc3OCCCN)cc1. The predicted molar refractivity (Wildman–Crippen MR) is 251 cm³/mol. The number of nitrogens with zero attached hydrogens (tertiary/aromatic N) is 2. The zero-order chi connectivity index (χ0) is 47.1. The van der Waals surface area contributed by atoms with Crippen molar-refractivity contribution in [1.82, 2.24) is 26.2 Å². The van der Waals surface area contributed by atoms with E-state index in [1.165, 1.54) is 44.6 Å². The van der Waals surface area contributed by atoms with Crippen LogP contribution in [0.5, 0.6) is 11.5 Å². The Labute approximate surface area is 383 Å². The van der Waals surface area contributed by atoms with E-state index in [0.717, 1.165) is 24.8 Å². The number of unbranched alkanes of at least 4 members (excludes halogenated alkanes) is 5. The molecule has 0 unspecified atom stereocenters. The monoisotopic (exact) mass is 896 g/mol. The molecule has 3 aromatic rings. The topological polar surface area (TPSA) is 257 Å². The second-order valence-corrected chi connectivity index (χ2v) is 16.5. The van der Waals surface area contributed by atoms with E-state index >= 15 is 0 Å². The molecule has 16 nitrogen and oxygen atoms in total. The molecule has 352 valence electrons. The molecule has 3 aromatic carbocycles. The summed E-state index contributed by atoms with van der Waals surface area (Å²) in [5.41, 5.74) is 21.1. The number of hydrogen-bond acceptors (Lipinski definition) is 11. The number of nitrogens with one attached hydrogen (secondary N) is 4. The summed E-state index contributed by atoms with van der Waals surface area (Å²) >= 11 is 0. The highest BCUT2D eigenvalue weighted by Crippen LogP contribution is 2.40. The lowest BCUT2D eigenvalue weighted by atomic mass is 9.93. The number of carbonyl (C=O) groups is 5. The van der Waals surface area contributed by atoms with Crippen molar-refractivity contribution < 1.29 is 33.4 Å². The van der Waals surface area contributed by atoms with Crippen LogP contribution in [0.2, 0.25) is 0 Å². The van der Waals surface area contributed by atoms with Gasteiger partial charge in [0.15, 0.2) is 0 Å². The number of nitrogens with two attached hydrogens (primary N) is 3. The number of fused-ring (bicyclic) bond motifs is 5. The molecule has 0 aromatic heterocycles. The van der Waals surface area contributed by atoms with Crippen molar-refractivity contribution in [2.45, 2.75) is 115 Å². The summed E-state index contributed by atoms with van der Waals surface area (Å²) in [7, 11) is 1.47. The second kappa shape index (κ2) is 27.3. The molecule has 65 heavy (non-hydrogen) atoms. The molecule has 4 rings (SSSR count). The van der Waals surface area contributed by atoms with Crippen molar-refractivity contribution in [3.05, 3.63) is 82.9 Å². The number of likely N-dealkylation sites (N-methyl/N-ethyl adjacent to an activating group) is 1. The van der Waals surface area contributed by atoms with Gasteiger partial charge in [-0.1, -0.05) is 63.3 Å². The Kier molecular flexibility index (Phi) is 21.7. The third-order valence-corrected chi connectivity index (χ3v) is 11.4. The van der Waals surface area contributed by atoms with Gasteiger partial charge in [-0.25, -0.2) is 0 Å². The fourth-order valence-electron chi connectivity index (χ4n) is 7.65. The maximum atomic E-state index is 14.7. The Morgan fingerprint density at radius 1 is 0.815 bits per heavy atom. The van der Waals surface area contributed by atoms with E-state index in [1.54, 1.807) is 42.5 Å². The number of hydrogen-bond donors (Lipinski definition) is 7. The molecule has 16 heteroatoms. The van der Waals surface area contributed by atoms with Gasteiger partial charge in [-0.3, -0.25) is 24.0 Å². The Hall–Kier alpha value is -6.02. The fraction of sp³-hybridized carbons (Fsp3) is 0.510. The van der Waals surface area contributed by atoms with Crippen LogP contribution in [0.3, 0.4) is 0 Å². The third kappa shape index (κ3) is 15.6. The molecule has 10 N–H and O–H groups in total. The maximum absolute atomic E-state index is 14.7. The van der Waals surface area contributed by atoms with E-state index in [9.17, 15) is 29.2 Å². The van der Waals surface area contributed by atoms with Gasteiger partial charge in [0.05, 0.1) is 19.3 Å². The molecule has 0 fully saturated rings.